The maximum absolute atomic E-state index is 12.4. The summed E-state index contributed by atoms with van der Waals surface area (Å²) in [5.41, 5.74) is 0.180. The Labute approximate surface area is 123 Å². The van der Waals surface area contributed by atoms with Crippen molar-refractivity contribution in [2.24, 2.45) is 0 Å². The van der Waals surface area contributed by atoms with Crippen LogP contribution in [0.4, 0.5) is 10.7 Å². The number of hydrogen-bond donors (Lipinski definition) is 0. The second-order valence-corrected chi connectivity index (χ2v) is 6.19. The average molecular weight is 286 g/mol. The molecule has 6 heteroatoms. The molecule has 1 fully saturated rings. The predicted molar refractivity (Wildman–Crippen MR) is 79.1 cm³/mol. The highest BCUT2D eigenvalue weighted by Crippen LogP contribution is 2.31. The fraction of sp³-hybridized carbons (Fsp3) is 0.467. The van der Waals surface area contributed by atoms with Gasteiger partial charge in [0.2, 0.25) is 5.95 Å². The highest BCUT2D eigenvalue weighted by atomic mass is 16.6. The van der Waals surface area contributed by atoms with Crippen molar-refractivity contribution >= 4 is 22.9 Å². The van der Waals surface area contributed by atoms with Crippen molar-refractivity contribution in [3.05, 3.63) is 24.7 Å². The number of hydrogen-bond acceptors (Lipinski definition) is 5. The maximum atomic E-state index is 12.4. The van der Waals surface area contributed by atoms with Crippen LogP contribution in [-0.4, -0.2) is 32.7 Å². The molecule has 2 aromatic rings. The van der Waals surface area contributed by atoms with Gasteiger partial charge in [-0.25, -0.2) is 19.7 Å². The van der Waals surface area contributed by atoms with Crippen LogP contribution in [-0.2, 0) is 4.74 Å². The first-order valence-electron chi connectivity index (χ1n) is 7.03. The molecule has 0 atom stereocenters. The third-order valence-corrected chi connectivity index (χ3v) is 3.09. The van der Waals surface area contributed by atoms with Crippen LogP contribution in [0.1, 0.15) is 33.6 Å². The van der Waals surface area contributed by atoms with E-state index in [1.54, 1.807) is 23.5 Å². The Bertz CT molecular complexity index is 677. The largest absolute Gasteiger partial charge is 0.443 e. The Hall–Kier alpha value is -2.24. The van der Waals surface area contributed by atoms with Crippen LogP contribution in [0.5, 0.6) is 0 Å². The summed E-state index contributed by atoms with van der Waals surface area (Å²) < 4.78 is 5.46. The summed E-state index contributed by atoms with van der Waals surface area (Å²) in [6.07, 6.45) is 6.58. The van der Waals surface area contributed by atoms with E-state index in [9.17, 15) is 4.79 Å². The third-order valence-electron chi connectivity index (χ3n) is 3.09. The molecule has 21 heavy (non-hydrogen) atoms. The predicted octanol–water partition coefficient (Wildman–Crippen LogP) is 2.93. The number of aromatic nitrogens is 3. The molecule has 0 bridgehead atoms. The van der Waals surface area contributed by atoms with Crippen molar-refractivity contribution < 1.29 is 9.53 Å². The molecule has 0 N–H and O–H groups in total. The van der Waals surface area contributed by atoms with E-state index < -0.39 is 11.7 Å². The quantitative estimate of drug-likeness (QED) is 0.849. The molecule has 2 heterocycles. The minimum absolute atomic E-state index is 0.133. The van der Waals surface area contributed by atoms with Gasteiger partial charge in [-0.2, -0.15) is 0 Å². The number of nitrogens with zero attached hydrogens (tertiary/aromatic N) is 4. The molecule has 1 aliphatic rings. The van der Waals surface area contributed by atoms with E-state index in [1.165, 1.54) is 0 Å². The lowest BCUT2D eigenvalue weighted by Crippen LogP contribution is -2.39. The zero-order chi connectivity index (χ0) is 15.0. The van der Waals surface area contributed by atoms with E-state index in [4.69, 9.17) is 4.74 Å². The van der Waals surface area contributed by atoms with Crippen LogP contribution in [0, 0.1) is 0 Å². The van der Waals surface area contributed by atoms with Gasteiger partial charge < -0.3 is 4.74 Å². The highest BCUT2D eigenvalue weighted by Gasteiger charge is 2.38. The van der Waals surface area contributed by atoms with Gasteiger partial charge in [0.05, 0.1) is 11.7 Å². The molecule has 1 amide bonds. The summed E-state index contributed by atoms with van der Waals surface area (Å²) in [5, 5.41) is 0.897. The fourth-order valence-electron chi connectivity index (χ4n) is 2.02. The smallest absolute Gasteiger partial charge is 0.417 e. The summed E-state index contributed by atoms with van der Waals surface area (Å²) in [5.74, 6) is 0.382. The molecular weight excluding hydrogens is 268 g/mol. The van der Waals surface area contributed by atoms with Crippen LogP contribution in [0.3, 0.4) is 0 Å². The molecule has 1 saturated carbocycles. The molecule has 1 aliphatic carbocycles. The van der Waals surface area contributed by atoms with Crippen molar-refractivity contribution in [1.82, 2.24) is 15.0 Å². The number of ether oxygens (including phenoxy) is 1. The standard InChI is InChI=1S/C15H18N4O2/c1-15(2,3)21-14(20)19(11-4-5-11)13-17-8-10-6-7-16-9-12(10)18-13/h6-9,11H,4-5H2,1-3H3. The number of amides is 1. The lowest BCUT2D eigenvalue weighted by atomic mass is 10.2. The Morgan fingerprint density at radius 1 is 1.33 bits per heavy atom. The monoisotopic (exact) mass is 286 g/mol. The number of anilines is 1. The molecule has 3 rings (SSSR count). The first-order valence-corrected chi connectivity index (χ1v) is 7.03. The van der Waals surface area contributed by atoms with E-state index in [1.807, 2.05) is 26.8 Å². The highest BCUT2D eigenvalue weighted by molar-refractivity contribution is 5.88. The molecule has 0 unspecified atom stereocenters. The molecule has 0 spiro atoms. The normalized spacial score (nSPS) is 15.0. The molecule has 0 aliphatic heterocycles. The minimum Gasteiger partial charge on any atom is -0.443 e. The number of fused-ring (bicyclic) bond motifs is 1. The van der Waals surface area contributed by atoms with Gasteiger partial charge in [-0.1, -0.05) is 0 Å². The van der Waals surface area contributed by atoms with Crippen LogP contribution >= 0.6 is 0 Å². The van der Waals surface area contributed by atoms with Crippen LogP contribution in [0.2, 0.25) is 0 Å². The number of carbonyl (C=O) groups excluding carboxylic acids is 1. The van der Waals surface area contributed by atoms with E-state index in [0.29, 0.717) is 5.95 Å². The first-order chi connectivity index (χ1) is 9.94. The van der Waals surface area contributed by atoms with E-state index in [-0.39, 0.29) is 6.04 Å². The minimum atomic E-state index is -0.539. The van der Waals surface area contributed by atoms with Crippen molar-refractivity contribution in [2.75, 3.05) is 4.90 Å². The third kappa shape index (κ3) is 3.09. The zero-order valence-corrected chi connectivity index (χ0v) is 12.4. The Balaban J connectivity index is 1.94. The fourth-order valence-corrected chi connectivity index (χ4v) is 2.02. The van der Waals surface area contributed by atoms with Gasteiger partial charge in [-0.15, -0.1) is 0 Å². The van der Waals surface area contributed by atoms with Gasteiger partial charge in [0.15, 0.2) is 0 Å². The van der Waals surface area contributed by atoms with Gasteiger partial charge in [-0.3, -0.25) is 4.98 Å². The molecule has 0 aromatic carbocycles. The Morgan fingerprint density at radius 2 is 2.10 bits per heavy atom. The lowest BCUT2D eigenvalue weighted by Gasteiger charge is -2.26. The molecule has 0 saturated heterocycles. The molecular formula is C15H18N4O2. The van der Waals surface area contributed by atoms with Gasteiger partial charge in [-0.05, 0) is 39.7 Å². The van der Waals surface area contributed by atoms with Gasteiger partial charge >= 0.3 is 6.09 Å². The van der Waals surface area contributed by atoms with Crippen LogP contribution in [0.15, 0.2) is 24.7 Å². The number of pyridine rings is 1. The maximum Gasteiger partial charge on any atom is 0.417 e. The second kappa shape index (κ2) is 4.95. The molecule has 110 valence electrons. The molecule has 0 radical (unpaired) electrons. The van der Waals surface area contributed by atoms with Crippen molar-refractivity contribution in [3.63, 3.8) is 0 Å². The van der Waals surface area contributed by atoms with Gasteiger partial charge in [0.1, 0.15) is 5.60 Å². The van der Waals surface area contributed by atoms with E-state index in [2.05, 4.69) is 15.0 Å². The second-order valence-electron chi connectivity index (χ2n) is 6.19. The lowest BCUT2D eigenvalue weighted by molar-refractivity contribution is 0.0575. The summed E-state index contributed by atoms with van der Waals surface area (Å²) in [7, 11) is 0. The van der Waals surface area contributed by atoms with Crippen molar-refractivity contribution in [1.29, 1.82) is 0 Å². The van der Waals surface area contributed by atoms with E-state index >= 15 is 0 Å². The zero-order valence-electron chi connectivity index (χ0n) is 12.4. The Kier molecular flexibility index (Phi) is 3.23. The summed E-state index contributed by atoms with van der Waals surface area (Å²) >= 11 is 0. The summed E-state index contributed by atoms with van der Waals surface area (Å²) in [6, 6.07) is 1.97. The number of rotatable bonds is 2. The molecule has 2 aromatic heterocycles. The van der Waals surface area contributed by atoms with Crippen LogP contribution in [0.25, 0.3) is 10.9 Å². The SMILES string of the molecule is CC(C)(C)OC(=O)N(c1ncc2ccncc2n1)C1CC1. The van der Waals surface area contributed by atoms with Crippen LogP contribution < -0.4 is 4.90 Å². The van der Waals surface area contributed by atoms with Crippen molar-refractivity contribution in [2.45, 2.75) is 45.3 Å². The van der Waals surface area contributed by atoms with E-state index in [0.717, 1.165) is 23.7 Å². The summed E-state index contributed by atoms with van der Waals surface area (Å²) in [6.45, 7) is 5.55. The topological polar surface area (TPSA) is 68.2 Å². The molecule has 6 nitrogen and oxygen atoms in total. The Morgan fingerprint density at radius 3 is 2.76 bits per heavy atom. The number of carbonyl (C=O) groups is 1. The average Bonchev–Trinajstić information content (AvgIpc) is 3.21. The van der Waals surface area contributed by atoms with Gasteiger partial charge in [0.25, 0.3) is 0 Å². The van der Waals surface area contributed by atoms with Crippen molar-refractivity contribution in [3.8, 4) is 0 Å². The van der Waals surface area contributed by atoms with Gasteiger partial charge in [0, 0.05) is 23.8 Å². The first kappa shape index (κ1) is 13.7. The summed E-state index contributed by atoms with van der Waals surface area (Å²) in [4.78, 5) is 26.7.